The Kier molecular flexibility index (Phi) is 2.63. The summed E-state index contributed by atoms with van der Waals surface area (Å²) in [6.07, 6.45) is 0. The number of H-pyrrole nitrogens is 1. The number of hydrogen-bond donors (Lipinski definition) is 2. The normalized spacial score (nSPS) is 10.8. The van der Waals surface area contributed by atoms with Crippen molar-refractivity contribution < 1.29 is 9.84 Å². The largest absolute Gasteiger partial charge is 0.507 e. The van der Waals surface area contributed by atoms with Crippen molar-refractivity contribution in [2.24, 2.45) is 0 Å². The van der Waals surface area contributed by atoms with Gasteiger partial charge in [-0.15, -0.1) is 0 Å². The van der Waals surface area contributed by atoms with Gasteiger partial charge >= 0.3 is 0 Å². The Morgan fingerprint density at radius 2 is 2.00 bits per heavy atom. The first-order valence-electron chi connectivity index (χ1n) is 6.02. The minimum atomic E-state index is 0.222. The molecule has 0 saturated carbocycles. The number of imidazole rings is 1. The van der Waals surface area contributed by atoms with Crippen LogP contribution in [0.2, 0.25) is 0 Å². The Balaban J connectivity index is 2.23. The smallest absolute Gasteiger partial charge is 0.142 e. The van der Waals surface area contributed by atoms with Crippen molar-refractivity contribution in [3.05, 3.63) is 42.0 Å². The van der Waals surface area contributed by atoms with Crippen molar-refractivity contribution in [3.8, 4) is 22.9 Å². The quantitative estimate of drug-likeness (QED) is 0.738. The molecule has 0 aliphatic rings. The highest BCUT2D eigenvalue weighted by atomic mass is 16.5. The Morgan fingerprint density at radius 3 is 2.74 bits per heavy atom. The molecule has 4 nitrogen and oxygen atoms in total. The summed E-state index contributed by atoms with van der Waals surface area (Å²) in [5.74, 6) is 1.56. The van der Waals surface area contributed by atoms with Gasteiger partial charge in [0.2, 0.25) is 0 Å². The lowest BCUT2D eigenvalue weighted by Gasteiger charge is -2.08. The van der Waals surface area contributed by atoms with Crippen LogP contribution < -0.4 is 4.74 Å². The number of fused-ring (bicyclic) bond motifs is 1. The first-order chi connectivity index (χ1) is 9.19. The highest BCUT2D eigenvalue weighted by Crippen LogP contribution is 2.35. The number of aryl methyl sites for hydroxylation is 1. The number of phenolic OH excluding ortho intramolecular Hbond substituents is 1. The predicted molar refractivity (Wildman–Crippen MR) is 74.5 cm³/mol. The molecular formula is C15H14N2O2. The molecule has 0 atom stereocenters. The number of phenols is 1. The molecule has 4 heteroatoms. The summed E-state index contributed by atoms with van der Waals surface area (Å²) in [5, 5.41) is 10.2. The van der Waals surface area contributed by atoms with E-state index in [1.807, 2.05) is 31.2 Å². The van der Waals surface area contributed by atoms with Gasteiger partial charge in [0.1, 0.15) is 17.3 Å². The standard InChI is InChI=1S/C15H14N2O2/c1-9-7-10(19-2)8-11(14(9)18)15-16-12-5-3-4-6-13(12)17-15/h3-8,18H,1-2H3,(H,16,17). The fourth-order valence-electron chi connectivity index (χ4n) is 2.13. The van der Waals surface area contributed by atoms with Gasteiger partial charge in [-0.25, -0.2) is 4.98 Å². The molecule has 1 heterocycles. The molecule has 0 amide bonds. The van der Waals surface area contributed by atoms with Crippen LogP contribution >= 0.6 is 0 Å². The van der Waals surface area contributed by atoms with Gasteiger partial charge in [0, 0.05) is 0 Å². The van der Waals surface area contributed by atoms with Crippen molar-refractivity contribution in [1.29, 1.82) is 0 Å². The zero-order valence-electron chi connectivity index (χ0n) is 10.8. The van der Waals surface area contributed by atoms with Gasteiger partial charge in [-0.1, -0.05) is 12.1 Å². The van der Waals surface area contributed by atoms with Gasteiger partial charge in [0.15, 0.2) is 0 Å². The SMILES string of the molecule is COc1cc(C)c(O)c(-c2nc3ccccc3[nH]2)c1. The number of nitrogens with zero attached hydrogens (tertiary/aromatic N) is 1. The maximum Gasteiger partial charge on any atom is 0.142 e. The van der Waals surface area contributed by atoms with E-state index in [0.29, 0.717) is 17.1 Å². The lowest BCUT2D eigenvalue weighted by molar-refractivity contribution is 0.412. The monoisotopic (exact) mass is 254 g/mol. The van der Waals surface area contributed by atoms with Crippen molar-refractivity contribution in [1.82, 2.24) is 9.97 Å². The highest BCUT2D eigenvalue weighted by molar-refractivity contribution is 5.81. The van der Waals surface area contributed by atoms with Gasteiger partial charge in [0.25, 0.3) is 0 Å². The van der Waals surface area contributed by atoms with E-state index in [4.69, 9.17) is 4.74 Å². The van der Waals surface area contributed by atoms with Gasteiger partial charge in [0.05, 0.1) is 23.7 Å². The fourth-order valence-corrected chi connectivity index (χ4v) is 2.13. The molecule has 3 aromatic rings. The minimum Gasteiger partial charge on any atom is -0.507 e. The van der Waals surface area contributed by atoms with Crippen LogP contribution in [-0.4, -0.2) is 22.2 Å². The number of rotatable bonds is 2. The van der Waals surface area contributed by atoms with Crippen LogP contribution in [0.25, 0.3) is 22.4 Å². The molecule has 19 heavy (non-hydrogen) atoms. The number of ether oxygens (including phenoxy) is 1. The first-order valence-corrected chi connectivity index (χ1v) is 6.02. The van der Waals surface area contributed by atoms with Crippen LogP contribution in [0, 0.1) is 6.92 Å². The molecule has 0 saturated heterocycles. The van der Waals surface area contributed by atoms with E-state index in [1.54, 1.807) is 19.2 Å². The van der Waals surface area contributed by atoms with Crippen LogP contribution in [0.5, 0.6) is 11.5 Å². The number of methoxy groups -OCH3 is 1. The van der Waals surface area contributed by atoms with Gasteiger partial charge in [-0.2, -0.15) is 0 Å². The molecular weight excluding hydrogens is 240 g/mol. The summed E-state index contributed by atoms with van der Waals surface area (Å²) in [6, 6.07) is 11.3. The molecule has 0 aliphatic heterocycles. The third kappa shape index (κ3) is 1.91. The second-order valence-corrected chi connectivity index (χ2v) is 4.44. The lowest BCUT2D eigenvalue weighted by Crippen LogP contribution is -1.89. The first kappa shape index (κ1) is 11.6. The number of aromatic hydroxyl groups is 1. The molecule has 3 rings (SSSR count). The van der Waals surface area contributed by atoms with Gasteiger partial charge in [-0.3, -0.25) is 0 Å². The van der Waals surface area contributed by atoms with E-state index in [0.717, 1.165) is 16.6 Å². The molecule has 2 aromatic carbocycles. The minimum absolute atomic E-state index is 0.222. The number of benzene rings is 2. The molecule has 0 spiro atoms. The average molecular weight is 254 g/mol. The Bertz CT molecular complexity index is 714. The van der Waals surface area contributed by atoms with E-state index in [-0.39, 0.29) is 5.75 Å². The van der Waals surface area contributed by atoms with E-state index in [1.165, 1.54) is 0 Å². The topological polar surface area (TPSA) is 58.1 Å². The van der Waals surface area contributed by atoms with Crippen LogP contribution in [0.3, 0.4) is 0 Å². The fraction of sp³-hybridized carbons (Fsp3) is 0.133. The zero-order chi connectivity index (χ0) is 13.4. The molecule has 0 radical (unpaired) electrons. The van der Waals surface area contributed by atoms with Crippen molar-refractivity contribution in [3.63, 3.8) is 0 Å². The summed E-state index contributed by atoms with van der Waals surface area (Å²) in [4.78, 5) is 7.69. The van der Waals surface area contributed by atoms with Crippen molar-refractivity contribution in [2.45, 2.75) is 6.92 Å². The number of aromatic amines is 1. The second kappa shape index (κ2) is 4.31. The summed E-state index contributed by atoms with van der Waals surface area (Å²) >= 11 is 0. The van der Waals surface area contributed by atoms with E-state index in [9.17, 15) is 5.11 Å². The van der Waals surface area contributed by atoms with Crippen molar-refractivity contribution >= 4 is 11.0 Å². The number of hydrogen-bond acceptors (Lipinski definition) is 3. The molecule has 0 fully saturated rings. The second-order valence-electron chi connectivity index (χ2n) is 4.44. The van der Waals surface area contributed by atoms with Crippen LogP contribution in [0.15, 0.2) is 36.4 Å². The number of aromatic nitrogens is 2. The molecule has 1 aromatic heterocycles. The molecule has 2 N–H and O–H groups in total. The third-order valence-electron chi connectivity index (χ3n) is 3.15. The average Bonchev–Trinajstić information content (AvgIpc) is 2.85. The predicted octanol–water partition coefficient (Wildman–Crippen LogP) is 3.25. The lowest BCUT2D eigenvalue weighted by atomic mass is 10.1. The summed E-state index contributed by atoms with van der Waals surface area (Å²) in [7, 11) is 1.61. The van der Waals surface area contributed by atoms with E-state index in [2.05, 4.69) is 9.97 Å². The summed E-state index contributed by atoms with van der Waals surface area (Å²) in [6.45, 7) is 1.84. The van der Waals surface area contributed by atoms with Crippen LogP contribution in [0.4, 0.5) is 0 Å². The molecule has 0 bridgehead atoms. The number of nitrogens with one attached hydrogen (secondary N) is 1. The van der Waals surface area contributed by atoms with E-state index < -0.39 is 0 Å². The maximum absolute atomic E-state index is 10.2. The molecule has 0 unspecified atom stereocenters. The summed E-state index contributed by atoms with van der Waals surface area (Å²) in [5.41, 5.74) is 3.22. The van der Waals surface area contributed by atoms with Crippen LogP contribution in [-0.2, 0) is 0 Å². The zero-order valence-corrected chi connectivity index (χ0v) is 10.8. The highest BCUT2D eigenvalue weighted by Gasteiger charge is 2.13. The molecule has 0 aliphatic carbocycles. The molecule has 96 valence electrons. The van der Waals surface area contributed by atoms with Gasteiger partial charge in [-0.05, 0) is 36.8 Å². The van der Waals surface area contributed by atoms with Crippen molar-refractivity contribution in [2.75, 3.05) is 7.11 Å². The van der Waals surface area contributed by atoms with Gasteiger partial charge < -0.3 is 14.8 Å². The van der Waals surface area contributed by atoms with E-state index >= 15 is 0 Å². The third-order valence-corrected chi connectivity index (χ3v) is 3.15. The Morgan fingerprint density at radius 1 is 1.21 bits per heavy atom. The Hall–Kier alpha value is -2.49. The van der Waals surface area contributed by atoms with Crippen LogP contribution in [0.1, 0.15) is 5.56 Å². The maximum atomic E-state index is 10.2. The summed E-state index contributed by atoms with van der Waals surface area (Å²) < 4.78 is 5.23. The number of para-hydroxylation sites is 2. The Labute approximate surface area is 110 Å².